The van der Waals surface area contributed by atoms with Crippen molar-refractivity contribution in [3.05, 3.63) is 70.8 Å². The van der Waals surface area contributed by atoms with Crippen molar-refractivity contribution in [1.82, 2.24) is 5.32 Å². The summed E-state index contributed by atoms with van der Waals surface area (Å²) in [6.45, 7) is 3.37. The Morgan fingerprint density at radius 3 is 2.55 bits per heavy atom. The molecule has 0 saturated carbocycles. The fourth-order valence-electron chi connectivity index (χ4n) is 1.93. The van der Waals surface area contributed by atoms with E-state index in [1.54, 1.807) is 26.0 Å². The molecule has 104 valence electrons. The summed E-state index contributed by atoms with van der Waals surface area (Å²) in [5.41, 5.74) is 1.47. The molecular weight excluding hydrogens is 260 g/mol. The quantitative estimate of drug-likeness (QED) is 0.907. The van der Waals surface area contributed by atoms with Gasteiger partial charge in [0.05, 0.1) is 6.04 Å². The average molecular weight is 275 g/mol. The summed E-state index contributed by atoms with van der Waals surface area (Å²) in [4.78, 5) is 12.0. The number of carbonyl (C=O) groups is 1. The zero-order valence-electron chi connectivity index (χ0n) is 11.3. The van der Waals surface area contributed by atoms with E-state index in [-0.39, 0.29) is 23.6 Å². The zero-order valence-corrected chi connectivity index (χ0v) is 11.3. The molecule has 0 saturated heterocycles. The molecular formula is C16H15F2NO. The second-order valence-corrected chi connectivity index (χ2v) is 4.71. The maximum absolute atomic E-state index is 13.2. The first kappa shape index (κ1) is 14.2. The molecule has 0 bridgehead atoms. The smallest absolute Gasteiger partial charge is 0.251 e. The van der Waals surface area contributed by atoms with E-state index in [0.717, 1.165) is 0 Å². The van der Waals surface area contributed by atoms with Crippen molar-refractivity contribution in [3.63, 3.8) is 0 Å². The Bertz CT molecular complexity index is 640. The maximum Gasteiger partial charge on any atom is 0.251 e. The molecule has 0 fully saturated rings. The molecule has 4 heteroatoms. The van der Waals surface area contributed by atoms with Gasteiger partial charge in [-0.2, -0.15) is 0 Å². The van der Waals surface area contributed by atoms with Gasteiger partial charge in [0.2, 0.25) is 0 Å². The van der Waals surface area contributed by atoms with Crippen LogP contribution in [-0.2, 0) is 0 Å². The molecule has 2 aromatic carbocycles. The minimum absolute atomic E-state index is 0.315. The van der Waals surface area contributed by atoms with E-state index >= 15 is 0 Å². The number of aryl methyl sites for hydroxylation is 1. The lowest BCUT2D eigenvalue weighted by molar-refractivity contribution is 0.0939. The third kappa shape index (κ3) is 3.20. The number of rotatable bonds is 3. The Labute approximate surface area is 116 Å². The van der Waals surface area contributed by atoms with Crippen molar-refractivity contribution >= 4 is 5.91 Å². The molecule has 1 amide bonds. The Morgan fingerprint density at radius 1 is 1.15 bits per heavy atom. The lowest BCUT2D eigenvalue weighted by Gasteiger charge is -2.14. The van der Waals surface area contributed by atoms with Crippen LogP contribution in [0.1, 0.15) is 34.5 Å². The number of hydrogen-bond donors (Lipinski definition) is 1. The van der Waals surface area contributed by atoms with Gasteiger partial charge < -0.3 is 5.32 Å². The van der Waals surface area contributed by atoms with Crippen LogP contribution in [0.15, 0.2) is 42.5 Å². The summed E-state index contributed by atoms with van der Waals surface area (Å²) < 4.78 is 26.3. The fraction of sp³-hybridized carbons (Fsp3) is 0.188. The fourth-order valence-corrected chi connectivity index (χ4v) is 1.93. The van der Waals surface area contributed by atoms with Gasteiger partial charge in [-0.3, -0.25) is 4.79 Å². The molecule has 0 radical (unpaired) electrons. The molecule has 2 rings (SSSR count). The Balaban J connectivity index is 2.13. The first-order valence-corrected chi connectivity index (χ1v) is 6.30. The van der Waals surface area contributed by atoms with Gasteiger partial charge in [-0.25, -0.2) is 8.78 Å². The molecule has 20 heavy (non-hydrogen) atoms. The Kier molecular flexibility index (Phi) is 4.13. The monoisotopic (exact) mass is 275 g/mol. The van der Waals surface area contributed by atoms with E-state index in [0.29, 0.717) is 16.7 Å². The first-order valence-electron chi connectivity index (χ1n) is 6.30. The van der Waals surface area contributed by atoms with Crippen LogP contribution in [-0.4, -0.2) is 5.91 Å². The Hall–Kier alpha value is -2.23. The van der Waals surface area contributed by atoms with Gasteiger partial charge >= 0.3 is 0 Å². The van der Waals surface area contributed by atoms with Crippen LogP contribution in [0.4, 0.5) is 8.78 Å². The van der Waals surface area contributed by atoms with Crippen molar-refractivity contribution < 1.29 is 13.6 Å². The van der Waals surface area contributed by atoms with Gasteiger partial charge in [0.25, 0.3) is 5.91 Å². The minimum Gasteiger partial charge on any atom is -0.346 e. The number of amides is 1. The molecule has 0 aliphatic rings. The van der Waals surface area contributed by atoms with Gasteiger partial charge in [0, 0.05) is 5.56 Å². The van der Waals surface area contributed by atoms with Crippen LogP contribution >= 0.6 is 0 Å². The van der Waals surface area contributed by atoms with E-state index in [2.05, 4.69) is 5.32 Å². The van der Waals surface area contributed by atoms with Gasteiger partial charge in [-0.15, -0.1) is 0 Å². The summed E-state index contributed by atoms with van der Waals surface area (Å²) in [7, 11) is 0. The van der Waals surface area contributed by atoms with Crippen molar-refractivity contribution in [2.24, 2.45) is 0 Å². The lowest BCUT2D eigenvalue weighted by atomic mass is 10.1. The van der Waals surface area contributed by atoms with Crippen LogP contribution in [0.5, 0.6) is 0 Å². The molecule has 0 spiro atoms. The molecule has 1 N–H and O–H groups in total. The van der Waals surface area contributed by atoms with Gasteiger partial charge in [-0.1, -0.05) is 12.1 Å². The highest BCUT2D eigenvalue weighted by atomic mass is 19.1. The molecule has 0 aliphatic heterocycles. The highest BCUT2D eigenvalue weighted by Gasteiger charge is 2.12. The maximum atomic E-state index is 13.2. The van der Waals surface area contributed by atoms with Crippen LogP contribution in [0.25, 0.3) is 0 Å². The lowest BCUT2D eigenvalue weighted by Crippen LogP contribution is -2.26. The van der Waals surface area contributed by atoms with Crippen molar-refractivity contribution in [1.29, 1.82) is 0 Å². The SMILES string of the molecule is Cc1cc(C(=O)NC(C)c2cccc(F)c2)ccc1F. The van der Waals surface area contributed by atoms with Crippen LogP contribution in [0, 0.1) is 18.6 Å². The molecule has 1 unspecified atom stereocenters. The summed E-state index contributed by atoms with van der Waals surface area (Å²) in [5, 5.41) is 2.76. The van der Waals surface area contributed by atoms with E-state index in [9.17, 15) is 13.6 Å². The van der Waals surface area contributed by atoms with Crippen molar-refractivity contribution in [3.8, 4) is 0 Å². The molecule has 1 atom stereocenters. The van der Waals surface area contributed by atoms with Gasteiger partial charge in [0.15, 0.2) is 0 Å². The molecule has 2 aromatic rings. The summed E-state index contributed by atoms with van der Waals surface area (Å²) in [5.74, 6) is -1.01. The standard InChI is InChI=1S/C16H15F2NO/c1-10-8-13(6-7-15(10)18)16(20)19-11(2)12-4-3-5-14(17)9-12/h3-9,11H,1-2H3,(H,19,20). The third-order valence-electron chi connectivity index (χ3n) is 3.12. The highest BCUT2D eigenvalue weighted by Crippen LogP contribution is 2.15. The average Bonchev–Trinajstić information content (AvgIpc) is 2.41. The van der Waals surface area contributed by atoms with E-state index < -0.39 is 0 Å². The first-order chi connectivity index (χ1) is 9.47. The van der Waals surface area contributed by atoms with E-state index in [1.807, 2.05) is 0 Å². The number of halogens is 2. The van der Waals surface area contributed by atoms with Crippen LogP contribution < -0.4 is 5.32 Å². The number of nitrogens with one attached hydrogen (secondary N) is 1. The highest BCUT2D eigenvalue weighted by molar-refractivity contribution is 5.94. The second kappa shape index (κ2) is 5.82. The predicted octanol–water partition coefficient (Wildman–Crippen LogP) is 3.76. The Morgan fingerprint density at radius 2 is 1.90 bits per heavy atom. The van der Waals surface area contributed by atoms with Crippen molar-refractivity contribution in [2.45, 2.75) is 19.9 Å². The van der Waals surface area contributed by atoms with E-state index in [1.165, 1.54) is 30.3 Å². The number of benzene rings is 2. The molecule has 0 aromatic heterocycles. The molecule has 2 nitrogen and oxygen atoms in total. The topological polar surface area (TPSA) is 29.1 Å². The van der Waals surface area contributed by atoms with E-state index in [4.69, 9.17) is 0 Å². The largest absolute Gasteiger partial charge is 0.346 e. The van der Waals surface area contributed by atoms with Crippen LogP contribution in [0.3, 0.4) is 0 Å². The summed E-state index contributed by atoms with van der Waals surface area (Å²) >= 11 is 0. The van der Waals surface area contributed by atoms with Crippen LogP contribution in [0.2, 0.25) is 0 Å². The van der Waals surface area contributed by atoms with Crippen molar-refractivity contribution in [2.75, 3.05) is 0 Å². The zero-order chi connectivity index (χ0) is 14.7. The molecule has 0 heterocycles. The summed E-state index contributed by atoms with van der Waals surface area (Å²) in [6.07, 6.45) is 0. The molecule has 0 aliphatic carbocycles. The predicted molar refractivity (Wildman–Crippen MR) is 73.4 cm³/mol. The normalized spacial score (nSPS) is 12.0. The second-order valence-electron chi connectivity index (χ2n) is 4.71. The number of hydrogen-bond acceptors (Lipinski definition) is 1. The summed E-state index contributed by atoms with van der Waals surface area (Å²) in [6, 6.07) is 9.90. The number of carbonyl (C=O) groups excluding carboxylic acids is 1. The van der Waals surface area contributed by atoms with Gasteiger partial charge in [-0.05, 0) is 55.3 Å². The third-order valence-corrected chi connectivity index (χ3v) is 3.12. The minimum atomic E-state index is -0.347. The van der Waals surface area contributed by atoms with Gasteiger partial charge in [0.1, 0.15) is 11.6 Å².